The van der Waals surface area contributed by atoms with Gasteiger partial charge >= 0.3 is 0 Å². The molecule has 4 heteroatoms. The third kappa shape index (κ3) is 3.44. The van der Waals surface area contributed by atoms with Crippen molar-refractivity contribution >= 4 is 11.5 Å². The minimum Gasteiger partial charge on any atom is -0.393 e. The first-order chi connectivity index (χ1) is 16.0. The van der Waals surface area contributed by atoms with Gasteiger partial charge in [-0.1, -0.05) is 18.6 Å². The van der Waals surface area contributed by atoms with Gasteiger partial charge in [0.2, 0.25) is 0 Å². The molecular weight excluding hydrogens is 410 g/mol. The minimum absolute atomic E-state index is 0.0135. The van der Waals surface area contributed by atoms with E-state index in [0.29, 0.717) is 30.0 Å². The lowest BCUT2D eigenvalue weighted by atomic mass is 9.53. The molecule has 1 saturated heterocycles. The molecule has 4 nitrogen and oxygen atoms in total. The number of allylic oxidation sites excluding steroid dienone is 4. The Hall–Kier alpha value is -1.91. The number of ketones is 1. The number of morpholine rings is 1. The van der Waals surface area contributed by atoms with Gasteiger partial charge in [-0.05, 0) is 103 Å². The molecule has 5 aliphatic rings. The Morgan fingerprint density at radius 2 is 1.91 bits per heavy atom. The lowest BCUT2D eigenvalue weighted by Gasteiger charge is -2.52. The lowest BCUT2D eigenvalue weighted by molar-refractivity contribution is -0.114. The van der Waals surface area contributed by atoms with E-state index in [1.54, 1.807) is 5.57 Å². The molecule has 2 saturated carbocycles. The van der Waals surface area contributed by atoms with Gasteiger partial charge in [0, 0.05) is 31.1 Å². The van der Waals surface area contributed by atoms with Crippen molar-refractivity contribution in [1.29, 1.82) is 0 Å². The van der Waals surface area contributed by atoms with E-state index in [9.17, 15) is 9.90 Å². The van der Waals surface area contributed by atoms with E-state index in [2.05, 4.69) is 36.9 Å². The number of carbonyl (C=O) groups excluding carboxylic acids is 1. The number of benzene rings is 1. The van der Waals surface area contributed by atoms with Crippen molar-refractivity contribution in [1.82, 2.24) is 0 Å². The highest BCUT2D eigenvalue weighted by Gasteiger charge is 2.56. The smallest absolute Gasteiger partial charge is 0.156 e. The highest BCUT2D eigenvalue weighted by molar-refractivity contribution is 5.93. The van der Waals surface area contributed by atoms with Gasteiger partial charge in [-0.25, -0.2) is 0 Å². The van der Waals surface area contributed by atoms with Crippen LogP contribution in [-0.2, 0) is 9.53 Å². The summed E-state index contributed by atoms with van der Waals surface area (Å²) in [5, 5.41) is 11.1. The largest absolute Gasteiger partial charge is 0.393 e. The molecule has 1 aromatic rings. The Labute approximate surface area is 197 Å². The Morgan fingerprint density at radius 3 is 2.70 bits per heavy atom. The van der Waals surface area contributed by atoms with Crippen LogP contribution in [0.15, 0.2) is 41.0 Å². The van der Waals surface area contributed by atoms with Gasteiger partial charge in [0.1, 0.15) is 0 Å². The lowest BCUT2D eigenvalue weighted by Crippen LogP contribution is -2.45. The first-order valence-corrected chi connectivity index (χ1v) is 13.0. The maximum atomic E-state index is 12.2. The summed E-state index contributed by atoms with van der Waals surface area (Å²) in [6.45, 7) is 8.13. The normalized spacial score (nSPS) is 36.3. The van der Waals surface area contributed by atoms with Crippen LogP contribution in [0.1, 0.15) is 68.9 Å². The first kappa shape index (κ1) is 21.6. The van der Waals surface area contributed by atoms with E-state index >= 15 is 0 Å². The molecule has 0 radical (unpaired) electrons. The van der Waals surface area contributed by atoms with E-state index in [4.69, 9.17) is 4.74 Å². The second-order valence-electron chi connectivity index (χ2n) is 11.3. The van der Waals surface area contributed by atoms with Crippen molar-refractivity contribution in [3.8, 4) is 0 Å². The highest BCUT2D eigenvalue weighted by Crippen LogP contribution is 2.64. The number of carbonyl (C=O) groups is 1. The van der Waals surface area contributed by atoms with Gasteiger partial charge in [-0.15, -0.1) is 0 Å². The molecule has 0 spiro atoms. The summed E-state index contributed by atoms with van der Waals surface area (Å²) in [6.07, 6.45) is 8.56. The monoisotopic (exact) mass is 447 g/mol. The molecule has 0 amide bonds. The SMILES string of the molecule is Cc1cc(N2CCOCC2)ccc1C1CC2(C)C(O)CCC2C2CCC3=CC(=O)CCC3=C12. The Kier molecular flexibility index (Phi) is 5.30. The van der Waals surface area contributed by atoms with Crippen molar-refractivity contribution in [2.75, 3.05) is 31.2 Å². The molecule has 1 aliphatic heterocycles. The summed E-state index contributed by atoms with van der Waals surface area (Å²) in [7, 11) is 0. The number of fused-ring (bicyclic) bond motifs is 4. The van der Waals surface area contributed by atoms with Crippen LogP contribution >= 0.6 is 0 Å². The van der Waals surface area contributed by atoms with Gasteiger partial charge in [-0.2, -0.15) is 0 Å². The van der Waals surface area contributed by atoms with Crippen molar-refractivity contribution < 1.29 is 14.6 Å². The van der Waals surface area contributed by atoms with E-state index in [1.165, 1.54) is 28.0 Å². The zero-order chi connectivity index (χ0) is 22.7. The van der Waals surface area contributed by atoms with Crippen molar-refractivity contribution in [2.24, 2.45) is 17.3 Å². The third-order valence-electron chi connectivity index (χ3n) is 9.69. The van der Waals surface area contributed by atoms with Gasteiger partial charge in [0.05, 0.1) is 19.3 Å². The van der Waals surface area contributed by atoms with Gasteiger partial charge < -0.3 is 14.7 Å². The Bertz CT molecular complexity index is 1030. The maximum absolute atomic E-state index is 12.2. The van der Waals surface area contributed by atoms with E-state index < -0.39 is 0 Å². The van der Waals surface area contributed by atoms with Crippen LogP contribution in [0.5, 0.6) is 0 Å². The fourth-order valence-corrected chi connectivity index (χ4v) is 7.98. The zero-order valence-corrected chi connectivity index (χ0v) is 20.1. The van der Waals surface area contributed by atoms with Crippen LogP contribution in [0.4, 0.5) is 5.69 Å². The quantitative estimate of drug-likeness (QED) is 0.686. The number of aliphatic hydroxyl groups is 1. The van der Waals surface area contributed by atoms with Gasteiger partial charge in [0.25, 0.3) is 0 Å². The third-order valence-corrected chi connectivity index (χ3v) is 9.69. The van der Waals surface area contributed by atoms with Crippen molar-refractivity contribution in [3.63, 3.8) is 0 Å². The second kappa shape index (κ2) is 8.09. The molecule has 3 fully saturated rings. The van der Waals surface area contributed by atoms with Gasteiger partial charge in [-0.3, -0.25) is 4.79 Å². The molecule has 1 N–H and O–H groups in total. The number of anilines is 1. The predicted octanol–water partition coefficient (Wildman–Crippen LogP) is 5.09. The number of hydrogen-bond donors (Lipinski definition) is 1. The van der Waals surface area contributed by atoms with E-state index in [0.717, 1.165) is 64.8 Å². The molecule has 5 atom stereocenters. The summed E-state index contributed by atoms with van der Waals surface area (Å²) >= 11 is 0. The number of aryl methyl sites for hydroxylation is 1. The number of aliphatic hydroxyl groups excluding tert-OH is 1. The minimum atomic E-state index is -0.200. The fourth-order valence-electron chi connectivity index (χ4n) is 7.98. The molecule has 1 heterocycles. The van der Waals surface area contributed by atoms with Crippen LogP contribution in [0, 0.1) is 24.2 Å². The number of hydrogen-bond acceptors (Lipinski definition) is 4. The Balaban J connectivity index is 1.45. The summed E-state index contributed by atoms with van der Waals surface area (Å²) in [5.41, 5.74) is 8.49. The fraction of sp³-hybridized carbons (Fsp3) is 0.621. The molecular formula is C29H37NO3. The predicted molar refractivity (Wildman–Crippen MR) is 130 cm³/mol. The van der Waals surface area contributed by atoms with Crippen LogP contribution in [0.25, 0.3) is 0 Å². The highest BCUT2D eigenvalue weighted by atomic mass is 16.5. The average Bonchev–Trinajstić information content (AvgIpc) is 3.13. The topological polar surface area (TPSA) is 49.8 Å². The molecule has 176 valence electrons. The molecule has 5 unspecified atom stereocenters. The van der Waals surface area contributed by atoms with Crippen LogP contribution < -0.4 is 4.90 Å². The summed E-state index contributed by atoms with van der Waals surface area (Å²) in [6, 6.07) is 7.04. The maximum Gasteiger partial charge on any atom is 0.156 e. The molecule has 1 aromatic carbocycles. The van der Waals surface area contributed by atoms with E-state index in [1.807, 2.05) is 6.08 Å². The summed E-state index contributed by atoms with van der Waals surface area (Å²) < 4.78 is 5.55. The zero-order valence-electron chi connectivity index (χ0n) is 20.1. The summed E-state index contributed by atoms with van der Waals surface area (Å²) in [4.78, 5) is 14.6. The van der Waals surface area contributed by atoms with Gasteiger partial charge in [0.15, 0.2) is 5.78 Å². The standard InChI is InChI=1S/C29H37NO3/c1-18-15-20(30-11-13-33-14-12-30)4-7-22(18)25-17-29(2)26(9-10-27(29)32)24-6-3-19-16-21(31)5-8-23(19)28(24)25/h4,7,15-16,24-27,32H,3,5-6,8-14,17H2,1-2H3. The average molecular weight is 448 g/mol. The van der Waals surface area contributed by atoms with E-state index in [-0.39, 0.29) is 11.5 Å². The molecule has 33 heavy (non-hydrogen) atoms. The molecule has 4 aliphatic carbocycles. The van der Waals surface area contributed by atoms with Crippen LogP contribution in [0.2, 0.25) is 0 Å². The van der Waals surface area contributed by atoms with Crippen molar-refractivity contribution in [3.05, 3.63) is 52.1 Å². The van der Waals surface area contributed by atoms with Crippen molar-refractivity contribution in [2.45, 2.75) is 70.8 Å². The van der Waals surface area contributed by atoms with Crippen LogP contribution in [0.3, 0.4) is 0 Å². The molecule has 6 rings (SSSR count). The second-order valence-corrected chi connectivity index (χ2v) is 11.3. The van der Waals surface area contributed by atoms with Crippen LogP contribution in [-0.4, -0.2) is 43.3 Å². The molecule has 0 bridgehead atoms. The number of rotatable bonds is 2. The Morgan fingerprint density at radius 1 is 1.09 bits per heavy atom. The molecule has 0 aromatic heterocycles. The number of nitrogens with zero attached hydrogens (tertiary/aromatic N) is 1. The number of ether oxygens (including phenoxy) is 1. The summed E-state index contributed by atoms with van der Waals surface area (Å²) in [5.74, 6) is 1.75. The first-order valence-electron chi connectivity index (χ1n) is 13.0.